The summed E-state index contributed by atoms with van der Waals surface area (Å²) in [4.78, 5) is 27.3. The Bertz CT molecular complexity index is 684. The fourth-order valence-corrected chi connectivity index (χ4v) is 3.54. The Kier molecular flexibility index (Phi) is 7.23. The average Bonchev–Trinajstić information content (AvgIpc) is 2.83. The molecule has 1 aromatic rings. The second-order valence-electron chi connectivity index (χ2n) is 5.89. The lowest BCUT2D eigenvalue weighted by Gasteiger charge is -2.15. The minimum atomic E-state index is -0.270. The minimum absolute atomic E-state index is 0.0415. The Morgan fingerprint density at radius 3 is 2.56 bits per heavy atom. The summed E-state index contributed by atoms with van der Waals surface area (Å²) in [6.45, 7) is 7.35. The van der Waals surface area contributed by atoms with Gasteiger partial charge in [-0.05, 0) is 43.9 Å². The molecular weight excluding hydrogens is 338 g/mol. The summed E-state index contributed by atoms with van der Waals surface area (Å²) in [6.07, 6.45) is 0.615. The van der Waals surface area contributed by atoms with Crippen LogP contribution in [0.3, 0.4) is 0 Å². The van der Waals surface area contributed by atoms with Crippen LogP contribution in [0.4, 0.5) is 0 Å². The largest absolute Gasteiger partial charge is 0.396 e. The Hall–Kier alpha value is -1.63. The third-order valence-corrected chi connectivity index (χ3v) is 5.19. The van der Waals surface area contributed by atoms with Crippen LogP contribution in [0.15, 0.2) is 23.1 Å². The van der Waals surface area contributed by atoms with E-state index in [2.05, 4.69) is 0 Å². The van der Waals surface area contributed by atoms with E-state index < -0.39 is 0 Å². The monoisotopic (exact) mass is 363 g/mol. The Labute approximate surface area is 153 Å². The van der Waals surface area contributed by atoms with Crippen LogP contribution in [0, 0.1) is 13.8 Å². The lowest BCUT2D eigenvalue weighted by atomic mass is 10.0. The molecule has 1 aromatic carbocycles. The smallest absolute Gasteiger partial charge is 0.267 e. The summed E-state index contributed by atoms with van der Waals surface area (Å²) >= 11 is 1.24. The van der Waals surface area contributed by atoms with Crippen molar-refractivity contribution in [2.24, 2.45) is 0 Å². The Morgan fingerprint density at radius 1 is 1.16 bits per heavy atom. The molecule has 0 saturated heterocycles. The van der Waals surface area contributed by atoms with Crippen LogP contribution in [0.25, 0.3) is 5.57 Å². The lowest BCUT2D eigenvalue weighted by molar-refractivity contribution is -0.136. The van der Waals surface area contributed by atoms with Crippen LogP contribution in [-0.4, -0.2) is 53.9 Å². The number of rotatable bonds is 9. The molecule has 0 aromatic heterocycles. The molecule has 0 spiro atoms. The predicted octanol–water partition coefficient (Wildman–Crippen LogP) is 2.54. The summed E-state index contributed by atoms with van der Waals surface area (Å²) in [5.41, 5.74) is 3.42. The molecule has 1 N–H and O–H groups in total. The van der Waals surface area contributed by atoms with E-state index in [9.17, 15) is 9.59 Å². The number of nitrogens with zero attached hydrogens (tertiary/aromatic N) is 1. The van der Waals surface area contributed by atoms with Crippen molar-refractivity contribution in [1.82, 2.24) is 4.90 Å². The topological polar surface area (TPSA) is 66.8 Å². The van der Waals surface area contributed by atoms with Gasteiger partial charge in [-0.2, -0.15) is 0 Å². The molecule has 0 unspecified atom stereocenters. The van der Waals surface area contributed by atoms with Gasteiger partial charge >= 0.3 is 0 Å². The number of aryl methyl sites for hydroxylation is 2. The second-order valence-corrected chi connectivity index (χ2v) is 6.99. The summed E-state index contributed by atoms with van der Waals surface area (Å²) in [5.74, 6) is -0.145. The number of carbonyl (C=O) groups excluding carboxylic acids is 2. The summed E-state index contributed by atoms with van der Waals surface area (Å²) < 4.78 is 5.29. The number of ether oxygens (including phenoxy) is 1. The molecule has 2 rings (SSSR count). The number of benzene rings is 1. The number of aliphatic hydroxyl groups is 1. The van der Waals surface area contributed by atoms with Crippen molar-refractivity contribution < 1.29 is 19.4 Å². The van der Waals surface area contributed by atoms with E-state index >= 15 is 0 Å². The van der Waals surface area contributed by atoms with Gasteiger partial charge in [-0.3, -0.25) is 14.5 Å². The number of hydrogen-bond acceptors (Lipinski definition) is 5. The summed E-state index contributed by atoms with van der Waals surface area (Å²) in [7, 11) is 0. The van der Waals surface area contributed by atoms with E-state index in [0.29, 0.717) is 42.4 Å². The first kappa shape index (κ1) is 19.7. The van der Waals surface area contributed by atoms with Crippen LogP contribution in [0.5, 0.6) is 0 Å². The summed E-state index contributed by atoms with van der Waals surface area (Å²) in [5, 5.41) is 9.11. The molecule has 0 bridgehead atoms. The van der Waals surface area contributed by atoms with Crippen LogP contribution < -0.4 is 0 Å². The highest BCUT2D eigenvalue weighted by Crippen LogP contribution is 2.36. The van der Waals surface area contributed by atoms with Crippen LogP contribution in [0.2, 0.25) is 0 Å². The standard InChI is InChI=1S/C19H25NO4S/c1-4-24-10-5-8-20-18(22)16(17(19(20)23)25-11-9-21)15-7-6-13(2)14(3)12-15/h6-7,12,21H,4-5,8-11H2,1-3H3. The van der Waals surface area contributed by atoms with Crippen molar-refractivity contribution >= 4 is 29.1 Å². The molecule has 0 radical (unpaired) electrons. The van der Waals surface area contributed by atoms with E-state index in [4.69, 9.17) is 9.84 Å². The van der Waals surface area contributed by atoms with Gasteiger partial charge in [0.1, 0.15) is 0 Å². The molecule has 136 valence electrons. The van der Waals surface area contributed by atoms with Crippen molar-refractivity contribution in [2.75, 3.05) is 32.1 Å². The van der Waals surface area contributed by atoms with E-state index in [-0.39, 0.29) is 18.4 Å². The number of thioether (sulfide) groups is 1. The zero-order valence-electron chi connectivity index (χ0n) is 15.0. The third kappa shape index (κ3) is 4.51. The van der Waals surface area contributed by atoms with E-state index in [0.717, 1.165) is 16.7 Å². The highest BCUT2D eigenvalue weighted by molar-refractivity contribution is 8.04. The number of hydrogen-bond donors (Lipinski definition) is 1. The van der Waals surface area contributed by atoms with Crippen LogP contribution >= 0.6 is 11.8 Å². The van der Waals surface area contributed by atoms with Crippen molar-refractivity contribution in [2.45, 2.75) is 27.2 Å². The molecule has 0 saturated carbocycles. The van der Waals surface area contributed by atoms with E-state index in [1.165, 1.54) is 16.7 Å². The SMILES string of the molecule is CCOCCCN1C(=O)C(SCCO)=C(c2ccc(C)c(C)c2)C1=O. The van der Waals surface area contributed by atoms with Crippen molar-refractivity contribution in [3.05, 3.63) is 39.8 Å². The highest BCUT2D eigenvalue weighted by Gasteiger charge is 2.38. The number of imide groups is 1. The van der Waals surface area contributed by atoms with Crippen molar-refractivity contribution in [3.63, 3.8) is 0 Å². The maximum Gasteiger partial charge on any atom is 0.267 e. The van der Waals surface area contributed by atoms with Crippen LogP contribution in [0.1, 0.15) is 30.0 Å². The number of aliphatic hydroxyl groups excluding tert-OH is 1. The van der Waals surface area contributed by atoms with Gasteiger partial charge < -0.3 is 9.84 Å². The lowest BCUT2D eigenvalue weighted by Crippen LogP contribution is -2.33. The van der Waals surface area contributed by atoms with Gasteiger partial charge in [0.15, 0.2) is 0 Å². The van der Waals surface area contributed by atoms with Gasteiger partial charge in [-0.15, -0.1) is 11.8 Å². The number of amides is 2. The van der Waals surface area contributed by atoms with Gasteiger partial charge in [-0.25, -0.2) is 0 Å². The first-order chi connectivity index (χ1) is 12.0. The Balaban J connectivity index is 2.30. The number of carbonyl (C=O) groups is 2. The normalized spacial score (nSPS) is 14.8. The van der Waals surface area contributed by atoms with Crippen LogP contribution in [-0.2, 0) is 14.3 Å². The molecule has 0 fully saturated rings. The molecule has 2 amide bonds. The molecule has 0 aliphatic carbocycles. The quantitative estimate of drug-likeness (QED) is 0.539. The fourth-order valence-electron chi connectivity index (χ4n) is 2.66. The maximum atomic E-state index is 12.9. The molecule has 1 heterocycles. The van der Waals surface area contributed by atoms with Crippen molar-refractivity contribution in [1.29, 1.82) is 0 Å². The molecule has 0 atom stereocenters. The first-order valence-corrected chi connectivity index (χ1v) is 9.49. The van der Waals surface area contributed by atoms with Gasteiger partial charge in [0.2, 0.25) is 0 Å². The summed E-state index contributed by atoms with van der Waals surface area (Å²) in [6, 6.07) is 5.78. The average molecular weight is 363 g/mol. The minimum Gasteiger partial charge on any atom is -0.396 e. The predicted molar refractivity (Wildman–Crippen MR) is 100 cm³/mol. The molecule has 25 heavy (non-hydrogen) atoms. The molecule has 6 heteroatoms. The Morgan fingerprint density at radius 2 is 1.92 bits per heavy atom. The van der Waals surface area contributed by atoms with E-state index in [1.54, 1.807) is 0 Å². The molecule has 1 aliphatic heterocycles. The fraction of sp³-hybridized carbons (Fsp3) is 0.474. The third-order valence-electron chi connectivity index (χ3n) is 4.13. The zero-order chi connectivity index (χ0) is 18.4. The maximum absolute atomic E-state index is 12.9. The first-order valence-electron chi connectivity index (χ1n) is 8.50. The van der Waals surface area contributed by atoms with Gasteiger partial charge in [-0.1, -0.05) is 18.2 Å². The van der Waals surface area contributed by atoms with Gasteiger partial charge in [0.25, 0.3) is 11.8 Å². The van der Waals surface area contributed by atoms with E-state index in [1.807, 2.05) is 39.0 Å². The molecule has 5 nitrogen and oxygen atoms in total. The zero-order valence-corrected chi connectivity index (χ0v) is 15.8. The molecule has 1 aliphatic rings. The molecular formula is C19H25NO4S. The van der Waals surface area contributed by atoms with Gasteiger partial charge in [0, 0.05) is 25.5 Å². The van der Waals surface area contributed by atoms with Crippen molar-refractivity contribution in [3.8, 4) is 0 Å². The highest BCUT2D eigenvalue weighted by atomic mass is 32.2. The second kappa shape index (κ2) is 9.17. The van der Waals surface area contributed by atoms with Gasteiger partial charge in [0.05, 0.1) is 17.1 Å².